The zero-order valence-corrected chi connectivity index (χ0v) is 7.46. The van der Waals surface area contributed by atoms with Gasteiger partial charge in [-0.05, 0) is 31.0 Å². The van der Waals surface area contributed by atoms with Gasteiger partial charge in [0.05, 0.1) is 5.69 Å². The van der Waals surface area contributed by atoms with E-state index in [1.807, 2.05) is 4.90 Å². The van der Waals surface area contributed by atoms with Crippen LogP contribution in [-0.4, -0.2) is 13.1 Å². The minimum absolute atomic E-state index is 0.170. The molecule has 0 spiro atoms. The van der Waals surface area contributed by atoms with Crippen molar-refractivity contribution in [3.8, 4) is 0 Å². The summed E-state index contributed by atoms with van der Waals surface area (Å²) in [4.78, 5) is 2.05. The molecule has 0 aliphatic carbocycles. The molecular formula is C10H13FN2. The van der Waals surface area contributed by atoms with E-state index >= 15 is 0 Å². The van der Waals surface area contributed by atoms with Crippen molar-refractivity contribution in [3.63, 3.8) is 0 Å². The SMILES string of the molecule is Nc1ccc(F)c(N2CCCC2)c1. The summed E-state index contributed by atoms with van der Waals surface area (Å²) in [6, 6.07) is 4.73. The Kier molecular flexibility index (Phi) is 2.08. The minimum atomic E-state index is -0.170. The minimum Gasteiger partial charge on any atom is -0.399 e. The maximum atomic E-state index is 13.3. The summed E-state index contributed by atoms with van der Waals surface area (Å²) in [6.45, 7) is 1.89. The maximum absolute atomic E-state index is 13.3. The van der Waals surface area contributed by atoms with Crippen LogP contribution in [-0.2, 0) is 0 Å². The highest BCUT2D eigenvalue weighted by Crippen LogP contribution is 2.25. The van der Waals surface area contributed by atoms with Crippen LogP contribution in [0.2, 0.25) is 0 Å². The fourth-order valence-corrected chi connectivity index (χ4v) is 1.73. The van der Waals surface area contributed by atoms with Gasteiger partial charge >= 0.3 is 0 Å². The Morgan fingerprint density at radius 3 is 2.62 bits per heavy atom. The molecule has 2 nitrogen and oxygen atoms in total. The van der Waals surface area contributed by atoms with Gasteiger partial charge in [0.25, 0.3) is 0 Å². The average molecular weight is 180 g/mol. The predicted octanol–water partition coefficient (Wildman–Crippen LogP) is 2.01. The Morgan fingerprint density at radius 2 is 1.92 bits per heavy atom. The fourth-order valence-electron chi connectivity index (χ4n) is 1.73. The molecule has 0 aromatic heterocycles. The van der Waals surface area contributed by atoms with Gasteiger partial charge in [-0.1, -0.05) is 0 Å². The zero-order chi connectivity index (χ0) is 9.26. The number of halogens is 1. The van der Waals surface area contributed by atoms with Crippen LogP contribution < -0.4 is 10.6 Å². The Bertz CT molecular complexity index is 306. The van der Waals surface area contributed by atoms with Crippen molar-refractivity contribution in [1.29, 1.82) is 0 Å². The lowest BCUT2D eigenvalue weighted by molar-refractivity contribution is 0.623. The third-order valence-corrected chi connectivity index (χ3v) is 2.42. The van der Waals surface area contributed by atoms with Crippen molar-refractivity contribution < 1.29 is 4.39 Å². The zero-order valence-electron chi connectivity index (χ0n) is 7.46. The molecule has 1 heterocycles. The lowest BCUT2D eigenvalue weighted by atomic mass is 10.2. The molecular weight excluding hydrogens is 167 g/mol. The highest BCUT2D eigenvalue weighted by atomic mass is 19.1. The van der Waals surface area contributed by atoms with Crippen LogP contribution in [0.1, 0.15) is 12.8 Å². The number of nitrogen functional groups attached to an aromatic ring is 1. The standard InChI is InChI=1S/C10H13FN2/c11-9-4-3-8(12)7-10(9)13-5-1-2-6-13/h3-4,7H,1-2,5-6,12H2. The summed E-state index contributed by atoms with van der Waals surface area (Å²) in [7, 11) is 0. The van der Waals surface area contributed by atoms with Crippen LogP contribution >= 0.6 is 0 Å². The molecule has 0 unspecified atom stereocenters. The number of hydrogen-bond donors (Lipinski definition) is 1. The first-order valence-electron chi connectivity index (χ1n) is 4.57. The first kappa shape index (κ1) is 8.35. The van der Waals surface area contributed by atoms with Gasteiger partial charge in [-0.15, -0.1) is 0 Å². The molecule has 1 saturated heterocycles. The van der Waals surface area contributed by atoms with Gasteiger partial charge in [-0.2, -0.15) is 0 Å². The van der Waals surface area contributed by atoms with Crippen LogP contribution in [0.3, 0.4) is 0 Å². The van der Waals surface area contributed by atoms with Crippen LogP contribution in [0.5, 0.6) is 0 Å². The van der Waals surface area contributed by atoms with E-state index < -0.39 is 0 Å². The lowest BCUT2D eigenvalue weighted by Gasteiger charge is -2.18. The van der Waals surface area contributed by atoms with Gasteiger partial charge in [0, 0.05) is 18.8 Å². The molecule has 0 bridgehead atoms. The number of nitrogens with zero attached hydrogens (tertiary/aromatic N) is 1. The molecule has 2 rings (SSSR count). The topological polar surface area (TPSA) is 29.3 Å². The van der Waals surface area contributed by atoms with Gasteiger partial charge in [0.2, 0.25) is 0 Å². The highest BCUT2D eigenvalue weighted by Gasteiger charge is 2.15. The molecule has 1 aliphatic rings. The molecule has 1 aromatic carbocycles. The van der Waals surface area contributed by atoms with E-state index in [4.69, 9.17) is 5.73 Å². The maximum Gasteiger partial charge on any atom is 0.146 e. The van der Waals surface area contributed by atoms with Crippen molar-refractivity contribution in [1.82, 2.24) is 0 Å². The van der Waals surface area contributed by atoms with E-state index in [1.54, 1.807) is 12.1 Å². The molecule has 1 aliphatic heterocycles. The molecule has 13 heavy (non-hydrogen) atoms. The van der Waals surface area contributed by atoms with Crippen LogP contribution in [0.15, 0.2) is 18.2 Å². The van der Waals surface area contributed by atoms with Gasteiger partial charge < -0.3 is 10.6 Å². The van der Waals surface area contributed by atoms with Crippen LogP contribution in [0, 0.1) is 5.82 Å². The van der Waals surface area contributed by atoms with Gasteiger partial charge in [-0.3, -0.25) is 0 Å². The average Bonchev–Trinajstić information content (AvgIpc) is 2.61. The van der Waals surface area contributed by atoms with E-state index in [0.717, 1.165) is 25.9 Å². The third-order valence-electron chi connectivity index (χ3n) is 2.42. The summed E-state index contributed by atoms with van der Waals surface area (Å²) in [5, 5.41) is 0. The largest absolute Gasteiger partial charge is 0.399 e. The highest BCUT2D eigenvalue weighted by molar-refractivity contribution is 5.57. The Morgan fingerprint density at radius 1 is 1.23 bits per heavy atom. The third kappa shape index (κ3) is 1.59. The second kappa shape index (κ2) is 3.24. The number of anilines is 2. The van der Waals surface area contributed by atoms with Crippen LogP contribution in [0.4, 0.5) is 15.8 Å². The molecule has 0 amide bonds. The van der Waals surface area contributed by atoms with Crippen molar-refractivity contribution in [3.05, 3.63) is 24.0 Å². The molecule has 0 radical (unpaired) electrons. The van der Waals surface area contributed by atoms with Crippen LogP contribution in [0.25, 0.3) is 0 Å². The Hall–Kier alpha value is -1.25. The van der Waals surface area contributed by atoms with E-state index in [9.17, 15) is 4.39 Å². The number of rotatable bonds is 1. The molecule has 1 fully saturated rings. The number of nitrogens with two attached hydrogens (primary N) is 1. The smallest absolute Gasteiger partial charge is 0.146 e. The second-order valence-corrected chi connectivity index (χ2v) is 3.41. The molecule has 0 atom stereocenters. The number of hydrogen-bond acceptors (Lipinski definition) is 2. The fraction of sp³-hybridized carbons (Fsp3) is 0.400. The Labute approximate surface area is 77.2 Å². The van der Waals surface area contributed by atoms with Gasteiger partial charge in [0.1, 0.15) is 5.82 Å². The molecule has 3 heteroatoms. The molecule has 1 aromatic rings. The molecule has 2 N–H and O–H groups in total. The summed E-state index contributed by atoms with van der Waals surface area (Å²) >= 11 is 0. The Balaban J connectivity index is 2.32. The summed E-state index contributed by atoms with van der Waals surface area (Å²) in [6.07, 6.45) is 2.29. The molecule has 0 saturated carbocycles. The van der Waals surface area contributed by atoms with Crippen molar-refractivity contribution in [2.45, 2.75) is 12.8 Å². The second-order valence-electron chi connectivity index (χ2n) is 3.41. The van der Waals surface area contributed by atoms with Gasteiger partial charge in [0.15, 0.2) is 0 Å². The monoisotopic (exact) mass is 180 g/mol. The normalized spacial score (nSPS) is 16.5. The first-order valence-corrected chi connectivity index (χ1v) is 4.57. The van der Waals surface area contributed by atoms with E-state index in [2.05, 4.69) is 0 Å². The van der Waals surface area contributed by atoms with E-state index in [0.29, 0.717) is 11.4 Å². The van der Waals surface area contributed by atoms with Gasteiger partial charge in [-0.25, -0.2) is 4.39 Å². The molecule has 70 valence electrons. The van der Waals surface area contributed by atoms with Crippen molar-refractivity contribution in [2.75, 3.05) is 23.7 Å². The van der Waals surface area contributed by atoms with Crippen molar-refractivity contribution in [2.24, 2.45) is 0 Å². The van der Waals surface area contributed by atoms with Crippen molar-refractivity contribution >= 4 is 11.4 Å². The number of benzene rings is 1. The van der Waals surface area contributed by atoms with E-state index in [1.165, 1.54) is 6.07 Å². The summed E-state index contributed by atoms with van der Waals surface area (Å²) in [5.41, 5.74) is 6.88. The first-order chi connectivity index (χ1) is 6.27. The predicted molar refractivity (Wildman–Crippen MR) is 52.3 cm³/mol. The lowest BCUT2D eigenvalue weighted by Crippen LogP contribution is -2.19. The quantitative estimate of drug-likeness (QED) is 0.670. The summed E-state index contributed by atoms with van der Waals surface area (Å²) in [5.74, 6) is -0.170. The van der Waals surface area contributed by atoms with E-state index in [-0.39, 0.29) is 5.82 Å². The summed E-state index contributed by atoms with van der Waals surface area (Å²) < 4.78 is 13.3.